The zero-order valence-corrected chi connectivity index (χ0v) is 15.2. The van der Waals surface area contributed by atoms with Crippen LogP contribution in [-0.4, -0.2) is 30.9 Å². The summed E-state index contributed by atoms with van der Waals surface area (Å²) in [5, 5.41) is 13.5. The van der Waals surface area contributed by atoms with Gasteiger partial charge in [-0.2, -0.15) is 5.10 Å². The van der Waals surface area contributed by atoms with Gasteiger partial charge in [0, 0.05) is 0 Å². The molecule has 2 aromatic rings. The number of carbonyl (C=O) groups is 1. The monoisotopic (exact) mass is 356 g/mol. The maximum absolute atomic E-state index is 11.8. The molecule has 0 fully saturated rings. The van der Waals surface area contributed by atoms with Crippen LogP contribution < -0.4 is 14.9 Å². The summed E-state index contributed by atoms with van der Waals surface area (Å²) in [6.07, 6.45) is 2.50. The maximum atomic E-state index is 11.8. The number of amides is 1. The highest BCUT2D eigenvalue weighted by molar-refractivity contribution is 5.83. The Bertz CT molecular complexity index is 757. The molecule has 0 bridgehead atoms. The van der Waals surface area contributed by atoms with E-state index in [9.17, 15) is 9.90 Å². The van der Waals surface area contributed by atoms with E-state index in [0.29, 0.717) is 23.0 Å². The number of hydrogen-bond acceptors (Lipinski definition) is 5. The Kier molecular flexibility index (Phi) is 7.02. The molecule has 0 radical (unpaired) electrons. The van der Waals surface area contributed by atoms with E-state index in [-0.39, 0.29) is 18.3 Å². The minimum atomic E-state index is -0.370. The van der Waals surface area contributed by atoms with Crippen molar-refractivity contribution in [2.75, 3.05) is 13.7 Å². The van der Waals surface area contributed by atoms with Gasteiger partial charge in [-0.3, -0.25) is 4.79 Å². The maximum Gasteiger partial charge on any atom is 0.277 e. The first kappa shape index (κ1) is 19.3. The number of ether oxygens (including phenoxy) is 2. The SMILES string of the molecule is CC[C@@H](C)c1ccc(OCC(=O)N/N=C\c2ccc(OC)c(O)c2)cc1. The number of phenolic OH excluding ortho intramolecular Hbond substituents is 1. The fourth-order valence-electron chi connectivity index (χ4n) is 2.28. The summed E-state index contributed by atoms with van der Waals surface area (Å²) >= 11 is 0. The summed E-state index contributed by atoms with van der Waals surface area (Å²) in [5.41, 5.74) is 4.26. The van der Waals surface area contributed by atoms with Gasteiger partial charge in [0.2, 0.25) is 0 Å². The number of aromatic hydroxyl groups is 1. The Labute approximate surface area is 153 Å². The Morgan fingerprint density at radius 3 is 2.62 bits per heavy atom. The zero-order valence-electron chi connectivity index (χ0n) is 15.2. The van der Waals surface area contributed by atoms with E-state index < -0.39 is 0 Å². The van der Waals surface area contributed by atoms with Crippen LogP contribution in [0.4, 0.5) is 0 Å². The second kappa shape index (κ2) is 9.46. The first-order chi connectivity index (χ1) is 12.5. The number of hydrazone groups is 1. The van der Waals surface area contributed by atoms with Crippen molar-refractivity contribution in [3.8, 4) is 17.2 Å². The molecule has 138 valence electrons. The van der Waals surface area contributed by atoms with Crippen molar-refractivity contribution in [2.45, 2.75) is 26.2 Å². The van der Waals surface area contributed by atoms with Crippen LogP contribution in [0.25, 0.3) is 0 Å². The average molecular weight is 356 g/mol. The predicted octanol–water partition coefficient (Wildman–Crippen LogP) is 3.44. The second-order valence-electron chi connectivity index (χ2n) is 5.89. The standard InChI is InChI=1S/C20H24N2O4/c1-4-14(2)16-6-8-17(9-7-16)26-13-20(24)22-21-12-15-5-10-19(25-3)18(23)11-15/h5-12,14,23H,4,13H2,1-3H3,(H,22,24)/b21-12-/t14-/m1/s1. The summed E-state index contributed by atoms with van der Waals surface area (Å²) in [4.78, 5) is 11.8. The van der Waals surface area contributed by atoms with Gasteiger partial charge in [0.05, 0.1) is 13.3 Å². The van der Waals surface area contributed by atoms with Crippen LogP contribution in [0.5, 0.6) is 17.2 Å². The molecule has 1 amide bonds. The molecule has 0 aliphatic heterocycles. The van der Waals surface area contributed by atoms with Crippen LogP contribution in [0.15, 0.2) is 47.6 Å². The first-order valence-electron chi connectivity index (χ1n) is 8.45. The molecule has 1 atom stereocenters. The molecule has 0 aromatic heterocycles. The molecule has 0 unspecified atom stereocenters. The third kappa shape index (κ3) is 5.51. The van der Waals surface area contributed by atoms with Crippen LogP contribution in [0.3, 0.4) is 0 Å². The van der Waals surface area contributed by atoms with Gasteiger partial charge in [0.15, 0.2) is 18.1 Å². The molecule has 2 rings (SSSR count). The molecule has 0 spiro atoms. The number of methoxy groups -OCH3 is 1. The molecule has 0 aliphatic rings. The van der Waals surface area contributed by atoms with Crippen LogP contribution in [0.2, 0.25) is 0 Å². The summed E-state index contributed by atoms with van der Waals surface area (Å²) in [6.45, 7) is 4.19. The van der Waals surface area contributed by atoms with E-state index in [0.717, 1.165) is 6.42 Å². The van der Waals surface area contributed by atoms with Crippen molar-refractivity contribution >= 4 is 12.1 Å². The molecular weight excluding hydrogens is 332 g/mol. The van der Waals surface area contributed by atoms with Crippen LogP contribution in [0.1, 0.15) is 37.3 Å². The summed E-state index contributed by atoms with van der Waals surface area (Å²) in [6, 6.07) is 12.6. The Balaban J connectivity index is 1.80. The van der Waals surface area contributed by atoms with Gasteiger partial charge in [-0.15, -0.1) is 0 Å². The predicted molar refractivity (Wildman–Crippen MR) is 101 cm³/mol. The van der Waals surface area contributed by atoms with Crippen LogP contribution >= 0.6 is 0 Å². The summed E-state index contributed by atoms with van der Waals surface area (Å²) in [5.74, 6) is 1.14. The smallest absolute Gasteiger partial charge is 0.277 e. The van der Waals surface area contributed by atoms with E-state index in [1.54, 1.807) is 12.1 Å². The lowest BCUT2D eigenvalue weighted by atomic mass is 9.99. The number of phenols is 1. The minimum absolute atomic E-state index is 0.00643. The van der Waals surface area contributed by atoms with Crippen molar-refractivity contribution < 1.29 is 19.4 Å². The van der Waals surface area contributed by atoms with E-state index in [1.165, 1.54) is 25.0 Å². The van der Waals surface area contributed by atoms with Crippen LogP contribution in [-0.2, 0) is 4.79 Å². The third-order valence-electron chi connectivity index (χ3n) is 4.04. The van der Waals surface area contributed by atoms with Gasteiger partial charge in [-0.1, -0.05) is 26.0 Å². The highest BCUT2D eigenvalue weighted by Gasteiger charge is 2.05. The second-order valence-corrected chi connectivity index (χ2v) is 5.89. The molecule has 6 heteroatoms. The van der Waals surface area contributed by atoms with E-state index >= 15 is 0 Å². The lowest BCUT2D eigenvalue weighted by molar-refractivity contribution is -0.123. The Hall–Kier alpha value is -3.02. The van der Waals surface area contributed by atoms with Crippen molar-refractivity contribution in [3.05, 3.63) is 53.6 Å². The molecule has 2 aromatic carbocycles. The quantitative estimate of drug-likeness (QED) is 0.561. The summed E-state index contributed by atoms with van der Waals surface area (Å²) < 4.78 is 10.4. The Morgan fingerprint density at radius 2 is 2.00 bits per heavy atom. The molecule has 0 heterocycles. The van der Waals surface area contributed by atoms with Gasteiger partial charge < -0.3 is 14.6 Å². The minimum Gasteiger partial charge on any atom is -0.504 e. The molecule has 0 aliphatic carbocycles. The Morgan fingerprint density at radius 1 is 1.27 bits per heavy atom. The lowest BCUT2D eigenvalue weighted by Crippen LogP contribution is -2.24. The van der Waals surface area contributed by atoms with E-state index in [2.05, 4.69) is 24.4 Å². The number of nitrogens with zero attached hydrogens (tertiary/aromatic N) is 1. The molecule has 26 heavy (non-hydrogen) atoms. The highest BCUT2D eigenvalue weighted by Crippen LogP contribution is 2.25. The molecule has 0 saturated heterocycles. The largest absolute Gasteiger partial charge is 0.504 e. The fourth-order valence-corrected chi connectivity index (χ4v) is 2.28. The number of hydrogen-bond donors (Lipinski definition) is 2. The van der Waals surface area contributed by atoms with Gasteiger partial charge in [0.25, 0.3) is 5.91 Å². The molecular formula is C20H24N2O4. The molecule has 2 N–H and O–H groups in total. The number of rotatable bonds is 8. The van der Waals surface area contributed by atoms with Gasteiger partial charge in [-0.25, -0.2) is 5.43 Å². The first-order valence-corrected chi connectivity index (χ1v) is 8.45. The van der Waals surface area contributed by atoms with Crippen molar-refractivity contribution in [1.29, 1.82) is 0 Å². The topological polar surface area (TPSA) is 80.2 Å². The van der Waals surface area contributed by atoms with E-state index in [1.807, 2.05) is 24.3 Å². The fraction of sp³-hybridized carbons (Fsp3) is 0.300. The number of nitrogens with one attached hydrogen (secondary N) is 1. The normalized spacial score (nSPS) is 12.0. The van der Waals surface area contributed by atoms with Crippen molar-refractivity contribution in [2.24, 2.45) is 5.10 Å². The summed E-state index contributed by atoms with van der Waals surface area (Å²) in [7, 11) is 1.47. The molecule has 6 nitrogen and oxygen atoms in total. The van der Waals surface area contributed by atoms with Crippen molar-refractivity contribution in [3.63, 3.8) is 0 Å². The van der Waals surface area contributed by atoms with Gasteiger partial charge >= 0.3 is 0 Å². The highest BCUT2D eigenvalue weighted by atomic mass is 16.5. The van der Waals surface area contributed by atoms with E-state index in [4.69, 9.17) is 9.47 Å². The average Bonchev–Trinajstić information content (AvgIpc) is 2.66. The zero-order chi connectivity index (χ0) is 18.9. The lowest BCUT2D eigenvalue weighted by Gasteiger charge is -2.10. The molecule has 0 saturated carbocycles. The number of carbonyl (C=O) groups excluding carboxylic acids is 1. The van der Waals surface area contributed by atoms with Crippen LogP contribution in [0, 0.1) is 0 Å². The number of benzene rings is 2. The van der Waals surface area contributed by atoms with Crippen molar-refractivity contribution in [1.82, 2.24) is 5.43 Å². The van der Waals surface area contributed by atoms with Gasteiger partial charge in [0.1, 0.15) is 5.75 Å². The van der Waals surface area contributed by atoms with Gasteiger partial charge in [-0.05, 0) is 53.8 Å². The third-order valence-corrected chi connectivity index (χ3v) is 4.04.